The lowest BCUT2D eigenvalue weighted by Gasteiger charge is -2.30. The third-order valence-electron chi connectivity index (χ3n) is 3.92. The molecule has 1 aliphatic rings. The van der Waals surface area contributed by atoms with E-state index in [0.717, 1.165) is 32.2 Å². The van der Waals surface area contributed by atoms with E-state index in [4.69, 9.17) is 4.74 Å². The van der Waals surface area contributed by atoms with Gasteiger partial charge in [0.15, 0.2) is 0 Å². The minimum atomic E-state index is -0.435. The molecule has 0 aromatic carbocycles. The third-order valence-corrected chi connectivity index (χ3v) is 6.06. The molecule has 1 fully saturated rings. The molecule has 6 heteroatoms. The number of ether oxygens (including phenoxy) is 1. The van der Waals surface area contributed by atoms with E-state index in [2.05, 4.69) is 39.6 Å². The van der Waals surface area contributed by atoms with Crippen LogP contribution in [0.1, 0.15) is 56.2 Å². The van der Waals surface area contributed by atoms with Gasteiger partial charge in [-0.15, -0.1) is 11.3 Å². The SMILES string of the molecule is Cc1sc(CNC2CCC(NC(=O)OC(C)(C)C)CC2)cc1Br. The van der Waals surface area contributed by atoms with Crippen molar-refractivity contribution in [1.29, 1.82) is 0 Å². The van der Waals surface area contributed by atoms with Crippen molar-refractivity contribution < 1.29 is 9.53 Å². The van der Waals surface area contributed by atoms with E-state index in [1.807, 2.05) is 32.1 Å². The average molecular weight is 403 g/mol. The first-order valence-corrected chi connectivity index (χ1v) is 9.81. The number of aryl methyl sites for hydroxylation is 1. The molecule has 2 N–H and O–H groups in total. The van der Waals surface area contributed by atoms with Crippen LogP contribution < -0.4 is 10.6 Å². The second-order valence-electron chi connectivity index (χ2n) is 7.19. The van der Waals surface area contributed by atoms with Gasteiger partial charge in [-0.1, -0.05) is 0 Å². The van der Waals surface area contributed by atoms with Gasteiger partial charge in [0.25, 0.3) is 0 Å². The standard InChI is InChI=1S/C17H27BrN2O2S/c1-11-15(18)9-14(23-11)10-19-12-5-7-13(8-6-12)20-16(21)22-17(2,3)4/h9,12-13,19H,5-8,10H2,1-4H3,(H,20,21). The van der Waals surface area contributed by atoms with Crippen LogP contribution in [0.4, 0.5) is 4.79 Å². The summed E-state index contributed by atoms with van der Waals surface area (Å²) in [5.41, 5.74) is -0.435. The summed E-state index contributed by atoms with van der Waals surface area (Å²) in [4.78, 5) is 14.5. The first-order valence-electron chi connectivity index (χ1n) is 8.20. The summed E-state index contributed by atoms with van der Waals surface area (Å²) in [6.07, 6.45) is 3.89. The number of hydrogen-bond donors (Lipinski definition) is 2. The van der Waals surface area contributed by atoms with Crippen molar-refractivity contribution in [3.63, 3.8) is 0 Å². The van der Waals surface area contributed by atoms with Crippen molar-refractivity contribution in [2.75, 3.05) is 0 Å². The predicted octanol–water partition coefficient (Wildman–Crippen LogP) is 4.74. The van der Waals surface area contributed by atoms with E-state index in [1.54, 1.807) is 0 Å². The molecule has 0 aliphatic heterocycles. The van der Waals surface area contributed by atoms with Gasteiger partial charge in [-0.05, 0) is 75.4 Å². The van der Waals surface area contributed by atoms with Gasteiger partial charge in [-0.3, -0.25) is 0 Å². The number of carbonyl (C=O) groups is 1. The van der Waals surface area contributed by atoms with Crippen LogP contribution in [0.3, 0.4) is 0 Å². The van der Waals surface area contributed by atoms with Gasteiger partial charge in [-0.25, -0.2) is 4.79 Å². The van der Waals surface area contributed by atoms with E-state index in [-0.39, 0.29) is 12.1 Å². The summed E-state index contributed by atoms with van der Waals surface area (Å²) < 4.78 is 6.52. The number of nitrogens with one attached hydrogen (secondary N) is 2. The van der Waals surface area contributed by atoms with E-state index in [0.29, 0.717) is 6.04 Å². The fourth-order valence-corrected chi connectivity index (χ4v) is 4.32. The molecule has 2 rings (SSSR count). The van der Waals surface area contributed by atoms with Crippen LogP contribution in [-0.4, -0.2) is 23.8 Å². The zero-order valence-electron chi connectivity index (χ0n) is 14.4. The monoisotopic (exact) mass is 402 g/mol. The Hall–Kier alpha value is -0.590. The van der Waals surface area contributed by atoms with E-state index in [9.17, 15) is 4.79 Å². The van der Waals surface area contributed by atoms with Crippen molar-refractivity contribution in [2.45, 2.75) is 77.6 Å². The second-order valence-corrected chi connectivity index (χ2v) is 9.39. The van der Waals surface area contributed by atoms with Gasteiger partial charge in [-0.2, -0.15) is 0 Å². The quantitative estimate of drug-likeness (QED) is 0.763. The first kappa shape index (κ1) is 18.7. The minimum Gasteiger partial charge on any atom is -0.444 e. The smallest absolute Gasteiger partial charge is 0.407 e. The maximum atomic E-state index is 11.8. The summed E-state index contributed by atoms with van der Waals surface area (Å²) in [7, 11) is 0. The second kappa shape index (κ2) is 7.99. The molecule has 1 amide bonds. The Morgan fingerprint density at radius 3 is 2.43 bits per heavy atom. The largest absolute Gasteiger partial charge is 0.444 e. The molecule has 1 aromatic rings. The topological polar surface area (TPSA) is 50.4 Å². The highest BCUT2D eigenvalue weighted by atomic mass is 79.9. The summed E-state index contributed by atoms with van der Waals surface area (Å²) in [6.45, 7) is 8.71. The van der Waals surface area contributed by atoms with Gasteiger partial charge in [0.1, 0.15) is 5.60 Å². The molecular weight excluding hydrogens is 376 g/mol. The molecule has 0 saturated heterocycles. The predicted molar refractivity (Wildman–Crippen MR) is 99.0 cm³/mol. The Morgan fingerprint density at radius 1 is 1.30 bits per heavy atom. The van der Waals surface area contributed by atoms with E-state index < -0.39 is 5.60 Å². The van der Waals surface area contributed by atoms with E-state index >= 15 is 0 Å². The first-order chi connectivity index (χ1) is 10.7. The molecule has 1 saturated carbocycles. The number of rotatable bonds is 4. The normalized spacial score (nSPS) is 22.0. The molecule has 1 heterocycles. The van der Waals surface area contributed by atoms with Gasteiger partial charge < -0.3 is 15.4 Å². The molecule has 23 heavy (non-hydrogen) atoms. The number of amides is 1. The van der Waals surface area contributed by atoms with E-state index in [1.165, 1.54) is 14.2 Å². The number of thiophene rings is 1. The maximum absolute atomic E-state index is 11.8. The Balaban J connectivity index is 1.68. The summed E-state index contributed by atoms with van der Waals surface area (Å²) in [6, 6.07) is 2.97. The Labute approximate surface area is 151 Å². The fraction of sp³-hybridized carbons (Fsp3) is 0.706. The summed E-state index contributed by atoms with van der Waals surface area (Å²) >= 11 is 5.40. The van der Waals surface area contributed by atoms with Gasteiger partial charge >= 0.3 is 6.09 Å². The lowest BCUT2D eigenvalue weighted by atomic mass is 9.91. The van der Waals surface area contributed by atoms with Crippen molar-refractivity contribution in [1.82, 2.24) is 10.6 Å². The molecule has 1 aromatic heterocycles. The average Bonchev–Trinajstić information content (AvgIpc) is 2.75. The zero-order chi connectivity index (χ0) is 17.0. The molecule has 0 spiro atoms. The molecule has 0 atom stereocenters. The third kappa shape index (κ3) is 6.43. The van der Waals surface area contributed by atoms with Crippen LogP contribution in [0.15, 0.2) is 10.5 Å². The van der Waals surface area contributed by atoms with Gasteiger partial charge in [0, 0.05) is 32.9 Å². The molecule has 4 nitrogen and oxygen atoms in total. The Kier molecular flexibility index (Phi) is 6.51. The van der Waals surface area contributed by atoms with Crippen molar-refractivity contribution in [3.8, 4) is 0 Å². The molecule has 1 aliphatic carbocycles. The molecule has 130 valence electrons. The van der Waals surface area contributed by atoms with Crippen LogP contribution in [0.25, 0.3) is 0 Å². The van der Waals surface area contributed by atoms with Gasteiger partial charge in [0.2, 0.25) is 0 Å². The molecule has 0 bridgehead atoms. The maximum Gasteiger partial charge on any atom is 0.407 e. The van der Waals surface area contributed by atoms with Crippen LogP contribution in [-0.2, 0) is 11.3 Å². The molecular formula is C17H27BrN2O2S. The zero-order valence-corrected chi connectivity index (χ0v) is 16.8. The van der Waals surface area contributed by atoms with Crippen molar-refractivity contribution >= 4 is 33.4 Å². The Morgan fingerprint density at radius 2 is 1.91 bits per heavy atom. The molecule has 0 unspecified atom stereocenters. The van der Waals surface area contributed by atoms with Crippen LogP contribution in [0.5, 0.6) is 0 Å². The highest BCUT2D eigenvalue weighted by Crippen LogP contribution is 2.27. The number of alkyl carbamates (subject to hydrolysis) is 1. The van der Waals surface area contributed by atoms with Crippen LogP contribution in [0.2, 0.25) is 0 Å². The van der Waals surface area contributed by atoms with Crippen LogP contribution in [0, 0.1) is 6.92 Å². The number of carbonyl (C=O) groups excluding carboxylic acids is 1. The highest BCUT2D eigenvalue weighted by Gasteiger charge is 2.24. The number of hydrogen-bond acceptors (Lipinski definition) is 4. The number of halogens is 1. The minimum absolute atomic E-state index is 0.237. The molecule has 0 radical (unpaired) electrons. The highest BCUT2D eigenvalue weighted by molar-refractivity contribution is 9.10. The van der Waals surface area contributed by atoms with Gasteiger partial charge in [0.05, 0.1) is 0 Å². The van der Waals surface area contributed by atoms with Crippen molar-refractivity contribution in [2.24, 2.45) is 0 Å². The lowest BCUT2D eigenvalue weighted by molar-refractivity contribution is 0.0490. The Bertz CT molecular complexity index is 512. The van der Waals surface area contributed by atoms with Crippen molar-refractivity contribution in [3.05, 3.63) is 20.3 Å². The van der Waals surface area contributed by atoms with Crippen LogP contribution >= 0.6 is 27.3 Å². The summed E-state index contributed by atoms with van der Waals surface area (Å²) in [5, 5.41) is 6.62. The fourth-order valence-electron chi connectivity index (χ4n) is 2.77. The lowest BCUT2D eigenvalue weighted by Crippen LogP contribution is -2.43. The summed E-state index contributed by atoms with van der Waals surface area (Å²) in [5.74, 6) is 0.